The Morgan fingerprint density at radius 1 is 1.05 bits per heavy atom. The summed E-state index contributed by atoms with van der Waals surface area (Å²) in [6, 6.07) is -0.348. The lowest BCUT2D eigenvalue weighted by Crippen LogP contribution is -2.58. The monoisotopic (exact) mass is 580 g/mol. The predicted molar refractivity (Wildman–Crippen MR) is 149 cm³/mol. The van der Waals surface area contributed by atoms with Crippen LogP contribution in [0.4, 0.5) is 0 Å². The van der Waals surface area contributed by atoms with Gasteiger partial charge in [-0.3, -0.25) is 0 Å². The SMILES string of the molecule is CCCOC.NCC(O)CNC1CC(N)[C@@H](O[C@@H]2CCC(O)C(CNCCO)C2)C(OC2C[C@H](O)C(CO)O2)C1. The van der Waals surface area contributed by atoms with Gasteiger partial charge in [0.1, 0.15) is 6.10 Å². The van der Waals surface area contributed by atoms with Crippen molar-refractivity contribution in [2.45, 2.75) is 113 Å². The predicted octanol–water partition coefficient (Wildman–Crippen LogP) is -2.22. The van der Waals surface area contributed by atoms with Crippen LogP contribution in [0, 0.1) is 5.92 Å². The van der Waals surface area contributed by atoms with Gasteiger partial charge in [-0.2, -0.15) is 0 Å². The lowest BCUT2D eigenvalue weighted by molar-refractivity contribution is -0.218. The fourth-order valence-electron chi connectivity index (χ4n) is 5.60. The first-order valence-corrected chi connectivity index (χ1v) is 14.9. The zero-order valence-corrected chi connectivity index (χ0v) is 24.3. The fraction of sp³-hybridized carbons (Fsp3) is 1.00. The first kappa shape index (κ1) is 35.7. The molecule has 0 amide bonds. The van der Waals surface area contributed by atoms with E-state index in [1.54, 1.807) is 7.11 Å². The zero-order valence-electron chi connectivity index (χ0n) is 24.3. The normalized spacial score (nSPS) is 37.1. The van der Waals surface area contributed by atoms with Crippen LogP contribution < -0.4 is 22.1 Å². The lowest BCUT2D eigenvalue weighted by Gasteiger charge is -2.44. The van der Waals surface area contributed by atoms with Gasteiger partial charge in [0.25, 0.3) is 0 Å². The van der Waals surface area contributed by atoms with Crippen molar-refractivity contribution in [2.75, 3.05) is 53.1 Å². The maximum absolute atomic E-state index is 10.4. The average molecular weight is 581 g/mol. The minimum absolute atomic E-state index is 0.0142. The lowest BCUT2D eigenvalue weighted by atomic mass is 9.83. The maximum atomic E-state index is 10.4. The summed E-state index contributed by atoms with van der Waals surface area (Å²) < 4.78 is 23.1. The number of hydrogen-bond acceptors (Lipinski definition) is 13. The Hall–Kier alpha value is -0.520. The third kappa shape index (κ3) is 12.0. The van der Waals surface area contributed by atoms with Crippen molar-refractivity contribution in [3.8, 4) is 0 Å². The highest BCUT2D eigenvalue weighted by atomic mass is 16.7. The smallest absolute Gasteiger partial charge is 0.161 e. The summed E-state index contributed by atoms with van der Waals surface area (Å²) in [6.45, 7) is 4.32. The van der Waals surface area contributed by atoms with Gasteiger partial charge in [0.05, 0.1) is 49.8 Å². The van der Waals surface area contributed by atoms with Crippen molar-refractivity contribution in [3.63, 3.8) is 0 Å². The molecular formula is C27H56N4O9. The van der Waals surface area contributed by atoms with E-state index in [0.717, 1.165) is 13.0 Å². The second kappa shape index (κ2) is 19.6. The Labute approximate surface area is 238 Å². The number of nitrogens with two attached hydrogens (primary N) is 2. The molecule has 3 aliphatic rings. The molecule has 1 heterocycles. The maximum Gasteiger partial charge on any atom is 0.161 e. The molecular weight excluding hydrogens is 524 g/mol. The van der Waals surface area contributed by atoms with Crippen LogP contribution in [0.5, 0.6) is 0 Å². The molecule has 11 N–H and O–H groups in total. The summed E-state index contributed by atoms with van der Waals surface area (Å²) in [4.78, 5) is 0. The van der Waals surface area contributed by atoms with Crippen molar-refractivity contribution >= 4 is 0 Å². The highest BCUT2D eigenvalue weighted by Gasteiger charge is 2.44. The second-order valence-electron chi connectivity index (χ2n) is 11.2. The van der Waals surface area contributed by atoms with Gasteiger partial charge in [-0.15, -0.1) is 0 Å². The molecule has 40 heavy (non-hydrogen) atoms. The minimum atomic E-state index is -0.803. The Kier molecular flexibility index (Phi) is 17.5. The van der Waals surface area contributed by atoms with Gasteiger partial charge in [0.15, 0.2) is 6.29 Å². The van der Waals surface area contributed by atoms with E-state index in [0.29, 0.717) is 51.7 Å². The third-order valence-electron chi connectivity index (χ3n) is 7.82. The molecule has 0 spiro atoms. The summed E-state index contributed by atoms with van der Waals surface area (Å²) in [7, 11) is 1.71. The Morgan fingerprint density at radius 2 is 1.82 bits per heavy atom. The Balaban J connectivity index is 0.00000103. The molecule has 13 heteroatoms. The molecule has 1 aliphatic heterocycles. The average Bonchev–Trinajstić information content (AvgIpc) is 3.30. The van der Waals surface area contributed by atoms with Crippen LogP contribution in [0.3, 0.4) is 0 Å². The molecule has 8 unspecified atom stereocenters. The van der Waals surface area contributed by atoms with E-state index < -0.39 is 42.9 Å². The van der Waals surface area contributed by atoms with Gasteiger partial charge in [0, 0.05) is 58.4 Å². The highest BCUT2D eigenvalue weighted by Crippen LogP contribution is 2.33. The molecule has 1 saturated heterocycles. The van der Waals surface area contributed by atoms with Gasteiger partial charge in [0.2, 0.25) is 0 Å². The summed E-state index contributed by atoms with van der Waals surface area (Å²) in [5, 5.41) is 55.3. The van der Waals surface area contributed by atoms with E-state index in [-0.39, 0.29) is 50.3 Å². The first-order chi connectivity index (χ1) is 19.3. The van der Waals surface area contributed by atoms with Crippen LogP contribution in [0.2, 0.25) is 0 Å². The number of rotatable bonds is 15. The number of hydrogen-bond donors (Lipinski definition) is 9. The largest absolute Gasteiger partial charge is 0.395 e. The number of methoxy groups -OCH3 is 1. The third-order valence-corrected chi connectivity index (χ3v) is 7.82. The molecule has 238 valence electrons. The molecule has 0 bridgehead atoms. The number of nitrogens with one attached hydrogen (secondary N) is 2. The van der Waals surface area contributed by atoms with Crippen molar-refractivity contribution in [1.29, 1.82) is 0 Å². The molecule has 0 aromatic heterocycles. The van der Waals surface area contributed by atoms with E-state index in [4.69, 9.17) is 35.5 Å². The zero-order chi connectivity index (χ0) is 29.5. The van der Waals surface area contributed by atoms with Crippen LogP contribution >= 0.6 is 0 Å². The Morgan fingerprint density at radius 3 is 2.42 bits per heavy atom. The molecule has 0 aromatic carbocycles. The number of aliphatic hydroxyl groups excluding tert-OH is 5. The number of aliphatic hydroxyl groups is 5. The standard InChI is InChI=1S/C23H46N4O8.C4H10O/c24-9-15(30)11-27-14-6-17(25)23(20(7-14)34-22-8-19(32)21(12-29)35-22)33-16-1-2-18(31)13(5-16)10-26-3-4-28;1-3-4-5-2/h13-23,26-32H,1-12,24-25H2;3-4H2,1-2H3/t13?,14?,15?,16-,17?,18?,19+,20?,21?,22?,23-;/m1./s1. The fourth-order valence-corrected chi connectivity index (χ4v) is 5.60. The van der Waals surface area contributed by atoms with Gasteiger partial charge in [-0.05, 0) is 44.4 Å². The molecule has 11 atom stereocenters. The van der Waals surface area contributed by atoms with Crippen molar-refractivity contribution in [2.24, 2.45) is 17.4 Å². The van der Waals surface area contributed by atoms with Crippen LogP contribution in [0.15, 0.2) is 0 Å². The summed E-state index contributed by atoms with van der Waals surface area (Å²) in [5.41, 5.74) is 12.1. The molecule has 13 nitrogen and oxygen atoms in total. The van der Waals surface area contributed by atoms with E-state index in [2.05, 4.69) is 17.6 Å². The molecule has 0 radical (unpaired) electrons. The summed E-state index contributed by atoms with van der Waals surface area (Å²) >= 11 is 0. The van der Waals surface area contributed by atoms with Crippen molar-refractivity contribution < 1.29 is 44.5 Å². The summed E-state index contributed by atoms with van der Waals surface area (Å²) in [6.07, 6.45) is 0.438. The Bertz CT molecular complexity index is 653. The quantitative estimate of drug-likeness (QED) is 0.0940. The van der Waals surface area contributed by atoms with Crippen LogP contribution in [0.25, 0.3) is 0 Å². The van der Waals surface area contributed by atoms with E-state index in [1.807, 2.05) is 0 Å². The van der Waals surface area contributed by atoms with Gasteiger partial charge in [-0.1, -0.05) is 6.92 Å². The van der Waals surface area contributed by atoms with E-state index in [1.165, 1.54) is 0 Å². The van der Waals surface area contributed by atoms with Crippen LogP contribution in [-0.2, 0) is 18.9 Å². The van der Waals surface area contributed by atoms with Crippen molar-refractivity contribution in [3.05, 3.63) is 0 Å². The van der Waals surface area contributed by atoms with Gasteiger partial charge >= 0.3 is 0 Å². The van der Waals surface area contributed by atoms with E-state index >= 15 is 0 Å². The molecule has 2 aliphatic carbocycles. The molecule has 0 aromatic rings. The topological polar surface area (TPSA) is 214 Å². The highest BCUT2D eigenvalue weighted by molar-refractivity contribution is 4.96. The minimum Gasteiger partial charge on any atom is -0.395 e. The second-order valence-corrected chi connectivity index (χ2v) is 11.2. The van der Waals surface area contributed by atoms with E-state index in [9.17, 15) is 20.4 Å². The molecule has 3 rings (SSSR count). The molecule has 2 saturated carbocycles. The van der Waals surface area contributed by atoms with Crippen LogP contribution in [-0.4, -0.2) is 140 Å². The van der Waals surface area contributed by atoms with Crippen LogP contribution in [0.1, 0.15) is 51.9 Å². The van der Waals surface area contributed by atoms with Gasteiger partial charge in [-0.25, -0.2) is 0 Å². The number of ether oxygens (including phenoxy) is 4. The van der Waals surface area contributed by atoms with Crippen molar-refractivity contribution in [1.82, 2.24) is 10.6 Å². The molecule has 3 fully saturated rings. The summed E-state index contributed by atoms with van der Waals surface area (Å²) in [5.74, 6) is 0.0188. The van der Waals surface area contributed by atoms with Gasteiger partial charge < -0.3 is 66.6 Å². The first-order valence-electron chi connectivity index (χ1n) is 14.9.